The number of carbonyl (C=O) groups is 2. The van der Waals surface area contributed by atoms with Crippen LogP contribution in [0, 0.1) is 0 Å². The topological polar surface area (TPSA) is 52.6 Å². The number of hydrogen-bond acceptors (Lipinski definition) is 4. The van der Waals surface area contributed by atoms with Gasteiger partial charge in [-0.25, -0.2) is 9.59 Å². The van der Waals surface area contributed by atoms with Crippen molar-refractivity contribution >= 4 is 11.9 Å². The van der Waals surface area contributed by atoms with E-state index in [-0.39, 0.29) is 13.2 Å². The van der Waals surface area contributed by atoms with Crippen LogP contribution in [0.2, 0.25) is 0 Å². The van der Waals surface area contributed by atoms with Gasteiger partial charge in [0.15, 0.2) is 0 Å². The van der Waals surface area contributed by atoms with Gasteiger partial charge < -0.3 is 9.47 Å². The summed E-state index contributed by atoms with van der Waals surface area (Å²) in [6, 6.07) is 6.34. The molecule has 0 amide bonds. The zero-order valence-corrected chi connectivity index (χ0v) is 13.1. The predicted octanol–water partition coefficient (Wildman–Crippen LogP) is 3.93. The maximum atomic E-state index is 11.9. The van der Waals surface area contributed by atoms with Crippen molar-refractivity contribution in [2.24, 2.45) is 0 Å². The van der Waals surface area contributed by atoms with E-state index in [0.29, 0.717) is 11.1 Å². The minimum atomic E-state index is -0.457. The number of rotatable bonds is 8. The van der Waals surface area contributed by atoms with Crippen LogP contribution in [0.4, 0.5) is 0 Å². The molecule has 0 N–H and O–H groups in total. The number of benzene rings is 1. The van der Waals surface area contributed by atoms with E-state index in [0.717, 1.165) is 12.8 Å². The Morgan fingerprint density at radius 3 is 1.73 bits per heavy atom. The fraction of sp³-hybridized carbons (Fsp3) is 0.333. The first kappa shape index (κ1) is 17.7. The molecule has 22 heavy (non-hydrogen) atoms. The van der Waals surface area contributed by atoms with E-state index in [2.05, 4.69) is 0 Å². The van der Waals surface area contributed by atoms with Crippen LogP contribution in [-0.4, -0.2) is 25.2 Å². The predicted molar refractivity (Wildman–Crippen MR) is 85.9 cm³/mol. The second kappa shape index (κ2) is 10.4. The molecule has 0 spiro atoms. The minimum absolute atomic E-state index is 0.225. The molecule has 0 aromatic heterocycles. The van der Waals surface area contributed by atoms with Crippen LogP contribution in [0.25, 0.3) is 0 Å². The zero-order valence-electron chi connectivity index (χ0n) is 13.1. The molecule has 4 nitrogen and oxygen atoms in total. The SMILES string of the molecule is CCC=CCOC(=O)c1cccc(C(=O)OCC=CCC)c1. The maximum absolute atomic E-state index is 11.9. The van der Waals surface area contributed by atoms with E-state index in [9.17, 15) is 9.59 Å². The van der Waals surface area contributed by atoms with Crippen molar-refractivity contribution in [3.8, 4) is 0 Å². The van der Waals surface area contributed by atoms with Gasteiger partial charge in [0, 0.05) is 0 Å². The zero-order chi connectivity index (χ0) is 16.2. The largest absolute Gasteiger partial charge is 0.458 e. The first-order valence-corrected chi connectivity index (χ1v) is 7.43. The second-order valence-electron chi connectivity index (χ2n) is 4.54. The molecule has 0 saturated carbocycles. The van der Waals surface area contributed by atoms with Crippen LogP contribution < -0.4 is 0 Å². The highest BCUT2D eigenvalue weighted by Crippen LogP contribution is 2.08. The average Bonchev–Trinajstić information content (AvgIpc) is 2.55. The number of esters is 2. The summed E-state index contributed by atoms with van der Waals surface area (Å²) in [6.07, 6.45) is 9.21. The Balaban J connectivity index is 2.60. The summed E-state index contributed by atoms with van der Waals surface area (Å²) >= 11 is 0. The van der Waals surface area contributed by atoms with E-state index in [1.54, 1.807) is 30.4 Å². The normalized spacial score (nSPS) is 11.0. The third-order valence-electron chi connectivity index (χ3n) is 2.76. The van der Waals surface area contributed by atoms with Crippen LogP contribution in [0.5, 0.6) is 0 Å². The van der Waals surface area contributed by atoms with Crippen molar-refractivity contribution in [3.63, 3.8) is 0 Å². The van der Waals surface area contributed by atoms with Gasteiger partial charge in [0.1, 0.15) is 13.2 Å². The van der Waals surface area contributed by atoms with Gasteiger partial charge in [0.2, 0.25) is 0 Å². The molecule has 0 aliphatic carbocycles. The van der Waals surface area contributed by atoms with Crippen molar-refractivity contribution in [1.82, 2.24) is 0 Å². The highest BCUT2D eigenvalue weighted by Gasteiger charge is 2.11. The Kier molecular flexibility index (Phi) is 8.35. The van der Waals surface area contributed by atoms with Crippen molar-refractivity contribution in [2.75, 3.05) is 13.2 Å². The smallest absolute Gasteiger partial charge is 0.338 e. The van der Waals surface area contributed by atoms with Crippen molar-refractivity contribution in [1.29, 1.82) is 0 Å². The van der Waals surface area contributed by atoms with E-state index in [1.165, 1.54) is 6.07 Å². The Bertz CT molecular complexity index is 499. The molecule has 118 valence electrons. The van der Waals surface area contributed by atoms with Gasteiger partial charge in [-0.2, -0.15) is 0 Å². The van der Waals surface area contributed by atoms with Gasteiger partial charge in [-0.3, -0.25) is 0 Å². The van der Waals surface area contributed by atoms with Crippen molar-refractivity contribution in [2.45, 2.75) is 26.7 Å². The Hall–Kier alpha value is -2.36. The Morgan fingerprint density at radius 2 is 1.32 bits per heavy atom. The van der Waals surface area contributed by atoms with Crippen molar-refractivity contribution in [3.05, 3.63) is 59.7 Å². The lowest BCUT2D eigenvalue weighted by molar-refractivity contribution is 0.0548. The second-order valence-corrected chi connectivity index (χ2v) is 4.54. The lowest BCUT2D eigenvalue weighted by Gasteiger charge is -2.05. The molecule has 4 heteroatoms. The van der Waals surface area contributed by atoms with E-state index >= 15 is 0 Å². The lowest BCUT2D eigenvalue weighted by atomic mass is 10.1. The molecule has 0 aliphatic heterocycles. The third kappa shape index (κ3) is 6.39. The van der Waals surface area contributed by atoms with Gasteiger partial charge in [-0.05, 0) is 31.0 Å². The van der Waals surface area contributed by atoms with Gasteiger partial charge in [-0.15, -0.1) is 0 Å². The van der Waals surface area contributed by atoms with Gasteiger partial charge >= 0.3 is 11.9 Å². The molecule has 0 atom stereocenters. The van der Waals surface area contributed by atoms with Gasteiger partial charge in [0.25, 0.3) is 0 Å². The van der Waals surface area contributed by atoms with E-state index in [4.69, 9.17) is 9.47 Å². The summed E-state index contributed by atoms with van der Waals surface area (Å²) in [4.78, 5) is 23.7. The first-order chi connectivity index (χ1) is 10.7. The molecule has 0 bridgehead atoms. The molecule has 0 saturated heterocycles. The Morgan fingerprint density at radius 1 is 0.864 bits per heavy atom. The fourth-order valence-electron chi connectivity index (χ4n) is 1.66. The van der Waals surface area contributed by atoms with E-state index in [1.807, 2.05) is 26.0 Å². The van der Waals surface area contributed by atoms with Crippen LogP contribution in [0.15, 0.2) is 48.6 Å². The molecular weight excluding hydrogens is 280 g/mol. The van der Waals surface area contributed by atoms with Crippen LogP contribution in [-0.2, 0) is 9.47 Å². The molecule has 1 rings (SSSR count). The molecule has 0 unspecified atom stereocenters. The molecule has 0 radical (unpaired) electrons. The summed E-state index contributed by atoms with van der Waals surface area (Å²) in [6.45, 7) is 4.46. The molecule has 0 fully saturated rings. The summed E-state index contributed by atoms with van der Waals surface area (Å²) in [5.41, 5.74) is 0.673. The number of carbonyl (C=O) groups excluding carboxylic acids is 2. The summed E-state index contributed by atoms with van der Waals surface area (Å²) in [7, 11) is 0. The van der Waals surface area contributed by atoms with Gasteiger partial charge in [0.05, 0.1) is 11.1 Å². The highest BCUT2D eigenvalue weighted by atomic mass is 16.5. The molecular formula is C18H22O4. The third-order valence-corrected chi connectivity index (χ3v) is 2.76. The standard InChI is InChI=1S/C18H22O4/c1-3-5-7-12-21-17(19)15-10-9-11-16(14-15)18(20)22-13-8-6-4-2/h5-11,14H,3-4,12-13H2,1-2H3. The van der Waals surface area contributed by atoms with Crippen LogP contribution in [0.1, 0.15) is 47.4 Å². The van der Waals surface area contributed by atoms with Crippen molar-refractivity contribution < 1.29 is 19.1 Å². The summed E-state index contributed by atoms with van der Waals surface area (Å²) < 4.78 is 10.2. The summed E-state index contributed by atoms with van der Waals surface area (Å²) in [5.74, 6) is -0.914. The fourth-order valence-corrected chi connectivity index (χ4v) is 1.66. The van der Waals surface area contributed by atoms with Crippen LogP contribution in [0.3, 0.4) is 0 Å². The van der Waals surface area contributed by atoms with Gasteiger partial charge in [-0.1, -0.05) is 44.2 Å². The quantitative estimate of drug-likeness (QED) is 0.539. The highest BCUT2D eigenvalue weighted by molar-refractivity contribution is 5.95. The van der Waals surface area contributed by atoms with Crippen LogP contribution >= 0.6 is 0 Å². The number of hydrogen-bond donors (Lipinski definition) is 0. The number of allylic oxidation sites excluding steroid dienone is 2. The molecule has 0 aliphatic rings. The molecule has 1 aromatic carbocycles. The maximum Gasteiger partial charge on any atom is 0.338 e. The first-order valence-electron chi connectivity index (χ1n) is 7.43. The van der Waals surface area contributed by atoms with E-state index < -0.39 is 11.9 Å². The molecule has 1 aromatic rings. The monoisotopic (exact) mass is 302 g/mol. The molecule has 0 heterocycles. The Labute approximate surface area is 131 Å². The summed E-state index contributed by atoms with van der Waals surface area (Å²) in [5, 5.41) is 0. The minimum Gasteiger partial charge on any atom is -0.458 e. The average molecular weight is 302 g/mol. The number of ether oxygens (including phenoxy) is 2. The lowest BCUT2D eigenvalue weighted by Crippen LogP contribution is -2.09.